The number of aryl methyl sites for hydroxylation is 2. The number of hydrogen-bond acceptors (Lipinski definition) is 3. The monoisotopic (exact) mass is 287 g/mol. The number of carbonyl (C=O) groups excluding carboxylic acids is 1. The SMILES string of the molecule is CCn1ccc(C(=O)NCCc2ncc(C)n2C2CC2)n1. The minimum Gasteiger partial charge on any atom is -0.350 e. The molecule has 3 rings (SSSR count). The highest BCUT2D eigenvalue weighted by atomic mass is 16.1. The maximum atomic E-state index is 12.0. The fourth-order valence-corrected chi connectivity index (χ4v) is 2.55. The van der Waals surface area contributed by atoms with Gasteiger partial charge in [0.1, 0.15) is 11.5 Å². The molecule has 0 aromatic carbocycles. The molecule has 0 aliphatic heterocycles. The molecule has 112 valence electrons. The molecule has 1 amide bonds. The van der Waals surface area contributed by atoms with E-state index in [1.54, 1.807) is 10.7 Å². The van der Waals surface area contributed by atoms with E-state index in [9.17, 15) is 4.79 Å². The van der Waals surface area contributed by atoms with Gasteiger partial charge in [0.2, 0.25) is 0 Å². The molecule has 1 aliphatic rings. The summed E-state index contributed by atoms with van der Waals surface area (Å²) < 4.78 is 4.05. The van der Waals surface area contributed by atoms with E-state index in [2.05, 4.69) is 26.9 Å². The smallest absolute Gasteiger partial charge is 0.271 e. The lowest BCUT2D eigenvalue weighted by Crippen LogP contribution is -2.27. The Morgan fingerprint density at radius 2 is 2.29 bits per heavy atom. The van der Waals surface area contributed by atoms with Crippen LogP contribution in [0.15, 0.2) is 18.5 Å². The van der Waals surface area contributed by atoms with Crippen molar-refractivity contribution in [1.29, 1.82) is 0 Å². The molecule has 1 N–H and O–H groups in total. The van der Waals surface area contributed by atoms with Crippen molar-refractivity contribution in [2.24, 2.45) is 0 Å². The Balaban J connectivity index is 1.55. The molecule has 1 fully saturated rings. The van der Waals surface area contributed by atoms with Crippen LogP contribution in [0.4, 0.5) is 0 Å². The van der Waals surface area contributed by atoms with Crippen LogP contribution in [-0.4, -0.2) is 31.8 Å². The molecule has 0 saturated heterocycles. The molecule has 1 aliphatic carbocycles. The summed E-state index contributed by atoms with van der Waals surface area (Å²) in [5.74, 6) is 0.942. The predicted molar refractivity (Wildman–Crippen MR) is 79.2 cm³/mol. The average molecular weight is 287 g/mol. The average Bonchev–Trinajstić information content (AvgIpc) is 3.07. The van der Waals surface area contributed by atoms with Gasteiger partial charge in [0.05, 0.1) is 0 Å². The Morgan fingerprint density at radius 3 is 2.95 bits per heavy atom. The van der Waals surface area contributed by atoms with Crippen molar-refractivity contribution in [2.75, 3.05) is 6.54 Å². The summed E-state index contributed by atoms with van der Waals surface area (Å²) in [4.78, 5) is 16.4. The first-order valence-corrected chi connectivity index (χ1v) is 7.53. The van der Waals surface area contributed by atoms with Crippen molar-refractivity contribution < 1.29 is 4.79 Å². The molecule has 0 unspecified atom stereocenters. The lowest BCUT2D eigenvalue weighted by Gasteiger charge is -2.08. The zero-order valence-corrected chi connectivity index (χ0v) is 12.5. The van der Waals surface area contributed by atoms with Gasteiger partial charge in [-0.25, -0.2) is 4.98 Å². The summed E-state index contributed by atoms with van der Waals surface area (Å²) in [5, 5.41) is 7.11. The summed E-state index contributed by atoms with van der Waals surface area (Å²) in [7, 11) is 0. The highest BCUT2D eigenvalue weighted by Crippen LogP contribution is 2.36. The Hall–Kier alpha value is -2.11. The van der Waals surface area contributed by atoms with Crippen LogP contribution in [0.5, 0.6) is 0 Å². The fraction of sp³-hybridized carbons (Fsp3) is 0.533. The van der Waals surface area contributed by atoms with Gasteiger partial charge in [-0.2, -0.15) is 5.10 Å². The highest BCUT2D eigenvalue weighted by Gasteiger charge is 2.26. The fourth-order valence-electron chi connectivity index (χ4n) is 2.55. The van der Waals surface area contributed by atoms with E-state index in [0.29, 0.717) is 18.3 Å². The van der Waals surface area contributed by atoms with Crippen LogP contribution >= 0.6 is 0 Å². The van der Waals surface area contributed by atoms with Gasteiger partial charge in [-0.15, -0.1) is 0 Å². The summed E-state index contributed by atoms with van der Waals surface area (Å²) in [6.45, 7) is 5.44. The van der Waals surface area contributed by atoms with Crippen molar-refractivity contribution >= 4 is 5.91 Å². The van der Waals surface area contributed by atoms with Gasteiger partial charge in [-0.3, -0.25) is 9.48 Å². The Labute approximate surface area is 124 Å². The summed E-state index contributed by atoms with van der Waals surface area (Å²) in [6, 6.07) is 2.37. The van der Waals surface area contributed by atoms with Crippen molar-refractivity contribution in [2.45, 2.75) is 45.7 Å². The van der Waals surface area contributed by atoms with Gasteiger partial charge >= 0.3 is 0 Å². The number of nitrogens with zero attached hydrogens (tertiary/aromatic N) is 4. The first-order chi connectivity index (χ1) is 10.2. The van der Waals surface area contributed by atoms with E-state index in [-0.39, 0.29) is 5.91 Å². The Morgan fingerprint density at radius 1 is 1.48 bits per heavy atom. The van der Waals surface area contributed by atoms with E-state index in [1.807, 2.05) is 19.3 Å². The summed E-state index contributed by atoms with van der Waals surface area (Å²) >= 11 is 0. The molecule has 1 saturated carbocycles. The van der Waals surface area contributed by atoms with E-state index in [4.69, 9.17) is 0 Å². The highest BCUT2D eigenvalue weighted by molar-refractivity contribution is 5.92. The molecular formula is C15H21N5O. The molecule has 0 atom stereocenters. The molecule has 6 nitrogen and oxygen atoms in total. The van der Waals surface area contributed by atoms with E-state index in [1.165, 1.54) is 18.5 Å². The topological polar surface area (TPSA) is 64.7 Å². The molecule has 0 bridgehead atoms. The number of carbonyl (C=O) groups is 1. The predicted octanol–water partition coefficient (Wildman–Crippen LogP) is 1.72. The second-order valence-corrected chi connectivity index (χ2v) is 5.48. The molecule has 2 aromatic rings. The molecular weight excluding hydrogens is 266 g/mol. The van der Waals surface area contributed by atoms with Gasteiger partial charge in [-0.1, -0.05) is 0 Å². The Kier molecular flexibility index (Phi) is 3.77. The third-order valence-corrected chi connectivity index (χ3v) is 3.80. The van der Waals surface area contributed by atoms with Crippen LogP contribution in [0, 0.1) is 6.92 Å². The number of imidazole rings is 1. The zero-order chi connectivity index (χ0) is 14.8. The van der Waals surface area contributed by atoms with Crippen molar-refractivity contribution in [3.63, 3.8) is 0 Å². The van der Waals surface area contributed by atoms with Gasteiger partial charge in [0.25, 0.3) is 5.91 Å². The van der Waals surface area contributed by atoms with E-state index >= 15 is 0 Å². The quantitative estimate of drug-likeness (QED) is 0.879. The van der Waals surface area contributed by atoms with Gasteiger partial charge in [-0.05, 0) is 32.8 Å². The number of aromatic nitrogens is 4. The number of rotatable bonds is 6. The molecule has 2 heterocycles. The molecule has 0 radical (unpaired) electrons. The summed E-state index contributed by atoms with van der Waals surface area (Å²) in [6.07, 6.45) is 6.97. The van der Waals surface area contributed by atoms with Crippen LogP contribution in [0.25, 0.3) is 0 Å². The molecule has 2 aromatic heterocycles. The number of hydrogen-bond donors (Lipinski definition) is 1. The van der Waals surface area contributed by atoms with Crippen LogP contribution in [-0.2, 0) is 13.0 Å². The number of amides is 1. The maximum Gasteiger partial charge on any atom is 0.271 e. The third-order valence-electron chi connectivity index (χ3n) is 3.80. The molecule has 0 spiro atoms. The van der Waals surface area contributed by atoms with Crippen molar-refractivity contribution in [3.05, 3.63) is 35.7 Å². The largest absolute Gasteiger partial charge is 0.350 e. The van der Waals surface area contributed by atoms with Crippen molar-refractivity contribution in [3.8, 4) is 0 Å². The third kappa shape index (κ3) is 2.99. The van der Waals surface area contributed by atoms with Crippen LogP contribution in [0.3, 0.4) is 0 Å². The van der Waals surface area contributed by atoms with Crippen molar-refractivity contribution in [1.82, 2.24) is 24.6 Å². The minimum absolute atomic E-state index is 0.122. The second-order valence-electron chi connectivity index (χ2n) is 5.48. The lowest BCUT2D eigenvalue weighted by molar-refractivity contribution is 0.0948. The van der Waals surface area contributed by atoms with Crippen LogP contribution < -0.4 is 5.32 Å². The standard InChI is InChI=1S/C15H21N5O/c1-3-19-9-7-13(18-19)15(21)16-8-6-14-17-10-11(2)20(14)12-4-5-12/h7,9-10,12H,3-6,8H2,1-2H3,(H,16,21). The van der Waals surface area contributed by atoms with Gasteiger partial charge < -0.3 is 9.88 Å². The first kappa shape index (κ1) is 13.9. The normalized spacial score (nSPS) is 14.4. The minimum atomic E-state index is -0.122. The van der Waals surface area contributed by atoms with Crippen LogP contribution in [0.2, 0.25) is 0 Å². The van der Waals surface area contributed by atoms with Gasteiger partial charge in [0, 0.05) is 43.6 Å². The van der Waals surface area contributed by atoms with Gasteiger partial charge in [0.15, 0.2) is 0 Å². The Bertz CT molecular complexity index is 638. The molecule has 6 heteroatoms. The van der Waals surface area contributed by atoms with E-state index < -0.39 is 0 Å². The summed E-state index contributed by atoms with van der Waals surface area (Å²) in [5.41, 5.74) is 1.68. The second kappa shape index (κ2) is 5.71. The maximum absolute atomic E-state index is 12.0. The first-order valence-electron chi connectivity index (χ1n) is 7.53. The molecule has 21 heavy (non-hydrogen) atoms. The zero-order valence-electron chi connectivity index (χ0n) is 12.5. The van der Waals surface area contributed by atoms with Crippen LogP contribution in [0.1, 0.15) is 47.8 Å². The lowest BCUT2D eigenvalue weighted by atomic mass is 10.3. The van der Waals surface area contributed by atoms with E-state index in [0.717, 1.165) is 18.8 Å². The number of nitrogens with one attached hydrogen (secondary N) is 1.